The highest BCUT2D eigenvalue weighted by molar-refractivity contribution is 6.00. The highest BCUT2D eigenvalue weighted by Gasteiger charge is 2.46. The van der Waals surface area contributed by atoms with Crippen LogP contribution in [0.25, 0.3) is 44.7 Å². The molecule has 0 fully saturated rings. The Morgan fingerprint density at radius 3 is 1.48 bits per heavy atom. The summed E-state index contributed by atoms with van der Waals surface area (Å²) in [7, 11) is 0. The van der Waals surface area contributed by atoms with Crippen molar-refractivity contribution in [1.29, 1.82) is 0 Å². The first-order valence-corrected chi connectivity index (χ1v) is 21.8. The molecule has 10 rings (SSSR count). The number of fused-ring (bicyclic) bond motifs is 4. The molecule has 0 spiro atoms. The van der Waals surface area contributed by atoms with E-state index < -0.39 is 5.41 Å². The van der Waals surface area contributed by atoms with Crippen LogP contribution in [0.1, 0.15) is 44.5 Å². The van der Waals surface area contributed by atoms with E-state index in [1.54, 1.807) is 0 Å². The molecule has 9 aromatic rings. The van der Waals surface area contributed by atoms with E-state index in [4.69, 9.17) is 0 Å². The monoisotopic (exact) mass is 817 g/mol. The zero-order valence-corrected chi connectivity index (χ0v) is 35.7. The van der Waals surface area contributed by atoms with Gasteiger partial charge in [-0.2, -0.15) is 0 Å². The average Bonchev–Trinajstić information content (AvgIpc) is 3.66. The predicted octanol–water partition coefficient (Wildman–Crippen LogP) is 16.7. The van der Waals surface area contributed by atoms with Crippen LogP contribution in [0.2, 0.25) is 0 Å². The van der Waals surface area contributed by atoms with Gasteiger partial charge in [-0.3, -0.25) is 0 Å². The topological polar surface area (TPSA) is 3.24 Å². The van der Waals surface area contributed by atoms with Crippen molar-refractivity contribution < 1.29 is 0 Å². The van der Waals surface area contributed by atoms with E-state index in [-0.39, 0.29) is 0 Å². The van der Waals surface area contributed by atoms with Crippen LogP contribution in [-0.4, -0.2) is 0 Å². The Balaban J connectivity index is 1.14. The Kier molecular flexibility index (Phi) is 10.7. The summed E-state index contributed by atoms with van der Waals surface area (Å²) in [6.07, 6.45) is 8.02. The zero-order valence-electron chi connectivity index (χ0n) is 35.7. The lowest BCUT2D eigenvalue weighted by atomic mass is 9.67. The molecule has 0 amide bonds. The second kappa shape index (κ2) is 17.2. The molecule has 1 aliphatic rings. The van der Waals surface area contributed by atoms with Gasteiger partial charge in [0.25, 0.3) is 0 Å². The Labute approximate surface area is 377 Å². The third kappa shape index (κ3) is 7.04. The quantitative estimate of drug-likeness (QED) is 0.0877. The van der Waals surface area contributed by atoms with Gasteiger partial charge in [-0.1, -0.05) is 220 Å². The van der Waals surface area contributed by atoms with E-state index in [1.807, 2.05) is 24.3 Å². The van der Waals surface area contributed by atoms with E-state index in [1.165, 1.54) is 44.2 Å². The number of rotatable bonds is 12. The van der Waals surface area contributed by atoms with Crippen molar-refractivity contribution in [3.8, 4) is 11.1 Å². The summed E-state index contributed by atoms with van der Waals surface area (Å²) in [5.74, 6) is 0. The van der Waals surface area contributed by atoms with Crippen molar-refractivity contribution in [1.82, 2.24) is 0 Å². The van der Waals surface area contributed by atoms with Gasteiger partial charge < -0.3 is 4.90 Å². The Hall–Kier alpha value is -8.26. The number of nitrogens with zero attached hydrogens (tertiary/aromatic N) is 1. The van der Waals surface area contributed by atoms with Crippen molar-refractivity contribution >= 4 is 50.6 Å². The Morgan fingerprint density at radius 2 is 0.875 bits per heavy atom. The molecule has 9 aromatic carbocycles. The molecule has 0 heterocycles. The van der Waals surface area contributed by atoms with Gasteiger partial charge in [-0.05, 0) is 132 Å². The summed E-state index contributed by atoms with van der Waals surface area (Å²) < 4.78 is 0. The molecule has 304 valence electrons. The molecule has 1 heteroatoms. The van der Waals surface area contributed by atoms with Crippen LogP contribution < -0.4 is 4.90 Å². The lowest BCUT2D eigenvalue weighted by Gasteiger charge is -2.35. The Bertz CT molecular complexity index is 3180. The van der Waals surface area contributed by atoms with Gasteiger partial charge in [-0.25, -0.2) is 0 Å². The summed E-state index contributed by atoms with van der Waals surface area (Å²) in [6, 6.07) is 81.1. The molecule has 0 saturated carbocycles. The molecule has 1 nitrogen and oxygen atoms in total. The molecule has 0 atom stereocenters. The molecule has 0 aromatic heterocycles. The van der Waals surface area contributed by atoms with E-state index in [9.17, 15) is 0 Å². The molecular weight excluding hydrogens is 771 g/mol. The van der Waals surface area contributed by atoms with Crippen molar-refractivity contribution in [3.05, 3.63) is 307 Å². The summed E-state index contributed by atoms with van der Waals surface area (Å²) >= 11 is 0. The van der Waals surface area contributed by atoms with E-state index in [0.717, 1.165) is 56.0 Å². The second-order valence-corrected chi connectivity index (χ2v) is 16.2. The standard InChI is InChI=1S/C63H47N/c1-4-46(42-45-30-31-47-20-16-17-23-51(47)43-45)48-32-36-54(37-33-48)64(55-38-34-50(35-39-55)58(6-3)57(5-2)49-21-10-7-11-22-49)56-40-41-60-59-28-18-19-29-61(59)63(62(60)44-56,52-24-12-8-13-25-52)53-26-14-9-15-27-53/h4-44H,1-3H2/b46-42+,58-57-. The zero-order chi connectivity index (χ0) is 43.5. The first-order chi connectivity index (χ1) is 31.6. The second-order valence-electron chi connectivity index (χ2n) is 16.2. The van der Waals surface area contributed by atoms with E-state index in [2.05, 4.69) is 249 Å². The highest BCUT2D eigenvalue weighted by Crippen LogP contribution is 2.57. The molecule has 0 radical (unpaired) electrons. The van der Waals surface area contributed by atoms with Crippen LogP contribution in [0, 0.1) is 0 Å². The fourth-order valence-electron chi connectivity index (χ4n) is 9.73. The predicted molar refractivity (Wildman–Crippen MR) is 274 cm³/mol. The molecule has 64 heavy (non-hydrogen) atoms. The van der Waals surface area contributed by atoms with Gasteiger partial charge >= 0.3 is 0 Å². The van der Waals surface area contributed by atoms with Gasteiger partial charge in [0.1, 0.15) is 0 Å². The highest BCUT2D eigenvalue weighted by atomic mass is 15.1. The number of allylic oxidation sites excluding steroid dienone is 6. The number of anilines is 3. The maximum atomic E-state index is 4.24. The fraction of sp³-hybridized carbons (Fsp3) is 0.0159. The minimum Gasteiger partial charge on any atom is -0.310 e. The largest absolute Gasteiger partial charge is 0.310 e. The maximum Gasteiger partial charge on any atom is 0.0714 e. The first-order valence-electron chi connectivity index (χ1n) is 21.8. The number of hydrogen-bond acceptors (Lipinski definition) is 1. The van der Waals surface area contributed by atoms with Gasteiger partial charge in [0, 0.05) is 17.1 Å². The molecule has 0 saturated heterocycles. The van der Waals surface area contributed by atoms with Crippen LogP contribution in [0.3, 0.4) is 0 Å². The number of benzene rings is 9. The lowest BCUT2D eigenvalue weighted by Crippen LogP contribution is -2.28. The van der Waals surface area contributed by atoms with Gasteiger partial charge in [0.2, 0.25) is 0 Å². The number of hydrogen-bond donors (Lipinski definition) is 0. The smallest absolute Gasteiger partial charge is 0.0714 e. The molecule has 0 N–H and O–H groups in total. The van der Waals surface area contributed by atoms with E-state index in [0.29, 0.717) is 0 Å². The third-order valence-corrected chi connectivity index (χ3v) is 12.7. The Morgan fingerprint density at radius 1 is 0.375 bits per heavy atom. The van der Waals surface area contributed by atoms with Crippen LogP contribution in [0.15, 0.2) is 262 Å². The molecule has 0 unspecified atom stereocenters. The summed E-state index contributed by atoms with van der Waals surface area (Å²) in [4.78, 5) is 2.38. The third-order valence-electron chi connectivity index (χ3n) is 12.7. The maximum absolute atomic E-state index is 4.24. The van der Waals surface area contributed by atoms with E-state index >= 15 is 0 Å². The lowest BCUT2D eigenvalue weighted by molar-refractivity contribution is 0.768. The van der Waals surface area contributed by atoms with Crippen LogP contribution in [-0.2, 0) is 5.41 Å². The van der Waals surface area contributed by atoms with Crippen LogP contribution >= 0.6 is 0 Å². The van der Waals surface area contributed by atoms with Crippen molar-refractivity contribution in [2.75, 3.05) is 4.90 Å². The first kappa shape index (κ1) is 39.9. The fourth-order valence-corrected chi connectivity index (χ4v) is 9.73. The minimum absolute atomic E-state index is 0.529. The van der Waals surface area contributed by atoms with Crippen molar-refractivity contribution in [2.24, 2.45) is 0 Å². The summed E-state index contributed by atoms with van der Waals surface area (Å²) in [5, 5.41) is 2.45. The normalized spacial score (nSPS) is 13.0. The van der Waals surface area contributed by atoms with Gasteiger partial charge in [0.05, 0.1) is 5.41 Å². The average molecular weight is 818 g/mol. The van der Waals surface area contributed by atoms with Crippen LogP contribution in [0.5, 0.6) is 0 Å². The molecule has 0 aliphatic heterocycles. The molecule has 0 bridgehead atoms. The SMILES string of the molecule is C=C/C(=C(\C=C)c1ccc(N(c2ccc(/C(C=C)=C/c3ccc4ccccc4c3)cc2)c2ccc3c(c2)C(c2ccccc2)(c2ccccc2)c2ccccc2-3)cc1)c1ccccc1. The van der Waals surface area contributed by atoms with Gasteiger partial charge in [0.15, 0.2) is 0 Å². The van der Waals surface area contributed by atoms with Gasteiger partial charge in [-0.15, -0.1) is 0 Å². The summed E-state index contributed by atoms with van der Waals surface area (Å²) in [6.45, 7) is 12.7. The summed E-state index contributed by atoms with van der Waals surface area (Å²) in [5.41, 5.74) is 17.7. The van der Waals surface area contributed by atoms with Crippen molar-refractivity contribution in [3.63, 3.8) is 0 Å². The minimum atomic E-state index is -0.529. The van der Waals surface area contributed by atoms with Crippen molar-refractivity contribution in [2.45, 2.75) is 5.41 Å². The molecule has 1 aliphatic carbocycles. The molecular formula is C63H47N. The van der Waals surface area contributed by atoms with Crippen LogP contribution in [0.4, 0.5) is 17.1 Å².